The third-order valence-corrected chi connectivity index (χ3v) is 3.38. The summed E-state index contributed by atoms with van der Waals surface area (Å²) in [6.07, 6.45) is 0.405. The molecule has 1 aromatic carbocycles. The number of alkyl halides is 3. The molecule has 0 aliphatic carbocycles. The zero-order chi connectivity index (χ0) is 12.9. The second kappa shape index (κ2) is 6.52. The van der Waals surface area contributed by atoms with Gasteiger partial charge in [-0.25, -0.2) is 0 Å². The van der Waals surface area contributed by atoms with Crippen LogP contribution in [0.15, 0.2) is 24.3 Å². The molecular weight excluding hydrogens is 271 g/mol. The zero-order valence-electron chi connectivity index (χ0n) is 9.01. The van der Waals surface area contributed by atoms with Crippen LogP contribution in [0.1, 0.15) is 17.9 Å². The lowest BCUT2D eigenvalue weighted by molar-refractivity contribution is -0.0328. The quantitative estimate of drug-likeness (QED) is 0.883. The predicted molar refractivity (Wildman–Crippen MR) is 66.4 cm³/mol. The molecule has 0 saturated carbocycles. The second-order valence-corrected chi connectivity index (χ2v) is 5.16. The lowest BCUT2D eigenvalue weighted by Crippen LogP contribution is -2.14. The first-order chi connectivity index (χ1) is 7.92. The standard InChI is InChI=1S/C11H13ClF3NS/c12-10-3-1-8(2-4-10)9(7-16)5-6-17-11(13,14)15/h1-4,9H,5-7,16H2. The van der Waals surface area contributed by atoms with Gasteiger partial charge < -0.3 is 5.73 Å². The van der Waals surface area contributed by atoms with Gasteiger partial charge >= 0.3 is 5.51 Å². The molecule has 1 atom stereocenters. The van der Waals surface area contributed by atoms with Gasteiger partial charge in [0, 0.05) is 10.8 Å². The van der Waals surface area contributed by atoms with Gasteiger partial charge in [-0.15, -0.1) is 0 Å². The third kappa shape index (κ3) is 5.66. The molecule has 1 unspecified atom stereocenters. The van der Waals surface area contributed by atoms with Gasteiger partial charge in [-0.05, 0) is 36.6 Å². The third-order valence-electron chi connectivity index (χ3n) is 2.36. The molecule has 0 fully saturated rings. The van der Waals surface area contributed by atoms with Gasteiger partial charge in [0.1, 0.15) is 0 Å². The van der Waals surface area contributed by atoms with Crippen molar-refractivity contribution in [2.45, 2.75) is 17.8 Å². The van der Waals surface area contributed by atoms with Crippen molar-refractivity contribution < 1.29 is 13.2 Å². The van der Waals surface area contributed by atoms with Crippen LogP contribution in [0.5, 0.6) is 0 Å². The van der Waals surface area contributed by atoms with Crippen LogP contribution in [0.25, 0.3) is 0 Å². The van der Waals surface area contributed by atoms with Gasteiger partial charge in [-0.3, -0.25) is 0 Å². The molecule has 1 nitrogen and oxygen atoms in total. The summed E-state index contributed by atoms with van der Waals surface area (Å²) >= 11 is 5.73. The Kier molecular flexibility index (Phi) is 5.62. The monoisotopic (exact) mass is 283 g/mol. The fourth-order valence-corrected chi connectivity index (χ4v) is 2.23. The topological polar surface area (TPSA) is 26.0 Å². The molecule has 1 rings (SSSR count). The van der Waals surface area contributed by atoms with E-state index in [1.165, 1.54) is 0 Å². The van der Waals surface area contributed by atoms with E-state index in [1.54, 1.807) is 24.3 Å². The van der Waals surface area contributed by atoms with Crippen LogP contribution in [0, 0.1) is 0 Å². The Hall–Kier alpha value is -0.390. The van der Waals surface area contributed by atoms with Crippen LogP contribution in [-0.2, 0) is 0 Å². The minimum absolute atomic E-state index is 0.00653. The molecule has 2 N–H and O–H groups in total. The van der Waals surface area contributed by atoms with Crippen LogP contribution in [0.3, 0.4) is 0 Å². The Bertz CT molecular complexity index is 340. The predicted octanol–water partition coefficient (Wildman–Crippen LogP) is 4.03. The molecule has 0 heterocycles. The molecule has 0 radical (unpaired) electrons. The normalized spacial score (nSPS) is 13.7. The maximum Gasteiger partial charge on any atom is 0.441 e. The summed E-state index contributed by atoms with van der Waals surface area (Å²) in [4.78, 5) is 0. The van der Waals surface area contributed by atoms with Crippen molar-refractivity contribution >= 4 is 23.4 Å². The SMILES string of the molecule is NCC(CCSC(F)(F)F)c1ccc(Cl)cc1. The first kappa shape index (κ1) is 14.7. The van der Waals surface area contributed by atoms with E-state index in [4.69, 9.17) is 17.3 Å². The minimum atomic E-state index is -4.17. The first-order valence-corrected chi connectivity index (χ1v) is 6.45. The molecular formula is C11H13ClF3NS. The van der Waals surface area contributed by atoms with Crippen molar-refractivity contribution in [1.29, 1.82) is 0 Å². The highest BCUT2D eigenvalue weighted by molar-refractivity contribution is 8.00. The van der Waals surface area contributed by atoms with Gasteiger partial charge in [0.25, 0.3) is 0 Å². The van der Waals surface area contributed by atoms with Crippen LogP contribution in [-0.4, -0.2) is 17.8 Å². The highest BCUT2D eigenvalue weighted by atomic mass is 35.5. The smallest absolute Gasteiger partial charge is 0.330 e. The molecule has 17 heavy (non-hydrogen) atoms. The van der Waals surface area contributed by atoms with E-state index in [0.29, 0.717) is 18.0 Å². The van der Waals surface area contributed by atoms with Crippen molar-refractivity contribution in [2.75, 3.05) is 12.3 Å². The highest BCUT2D eigenvalue weighted by Gasteiger charge is 2.28. The lowest BCUT2D eigenvalue weighted by Gasteiger charge is -2.15. The number of hydrogen-bond donors (Lipinski definition) is 1. The summed E-state index contributed by atoms with van der Waals surface area (Å²) in [5, 5.41) is 0.606. The van der Waals surface area contributed by atoms with Crippen LogP contribution >= 0.6 is 23.4 Å². The molecule has 0 bridgehead atoms. The van der Waals surface area contributed by atoms with Crippen molar-refractivity contribution in [2.24, 2.45) is 5.73 Å². The van der Waals surface area contributed by atoms with Gasteiger partial charge in [-0.1, -0.05) is 35.5 Å². The molecule has 0 aliphatic rings. The maximum atomic E-state index is 12.0. The van der Waals surface area contributed by atoms with E-state index in [1.807, 2.05) is 0 Å². The van der Waals surface area contributed by atoms with Gasteiger partial charge in [-0.2, -0.15) is 13.2 Å². The van der Waals surface area contributed by atoms with E-state index in [9.17, 15) is 13.2 Å². The van der Waals surface area contributed by atoms with Crippen molar-refractivity contribution in [3.63, 3.8) is 0 Å². The number of halogens is 4. The average molecular weight is 284 g/mol. The number of nitrogens with two attached hydrogens (primary N) is 1. The summed E-state index contributed by atoms with van der Waals surface area (Å²) in [5.41, 5.74) is 2.33. The van der Waals surface area contributed by atoms with Crippen LogP contribution in [0.4, 0.5) is 13.2 Å². The minimum Gasteiger partial charge on any atom is -0.330 e. The van der Waals surface area contributed by atoms with Gasteiger partial charge in [0.05, 0.1) is 0 Å². The lowest BCUT2D eigenvalue weighted by atomic mass is 9.97. The second-order valence-electron chi connectivity index (χ2n) is 3.57. The number of rotatable bonds is 5. The fraction of sp³-hybridized carbons (Fsp3) is 0.455. The molecule has 0 aliphatic heterocycles. The first-order valence-electron chi connectivity index (χ1n) is 5.08. The Morgan fingerprint density at radius 3 is 2.29 bits per heavy atom. The molecule has 0 saturated heterocycles. The summed E-state index contributed by atoms with van der Waals surface area (Å²) in [6, 6.07) is 7.04. The fourth-order valence-electron chi connectivity index (χ4n) is 1.47. The average Bonchev–Trinajstić information content (AvgIpc) is 2.24. The number of thioether (sulfide) groups is 1. The van der Waals surface area contributed by atoms with E-state index in [-0.39, 0.29) is 23.4 Å². The van der Waals surface area contributed by atoms with E-state index < -0.39 is 5.51 Å². The van der Waals surface area contributed by atoms with Crippen molar-refractivity contribution in [1.82, 2.24) is 0 Å². The number of benzene rings is 1. The Labute approximate surface area is 108 Å². The Balaban J connectivity index is 2.51. The highest BCUT2D eigenvalue weighted by Crippen LogP contribution is 2.32. The molecule has 0 aromatic heterocycles. The van der Waals surface area contributed by atoms with Gasteiger partial charge in [0.2, 0.25) is 0 Å². The summed E-state index contributed by atoms with van der Waals surface area (Å²) < 4.78 is 35.9. The largest absolute Gasteiger partial charge is 0.441 e. The van der Waals surface area contributed by atoms with Crippen molar-refractivity contribution in [3.8, 4) is 0 Å². The van der Waals surface area contributed by atoms with E-state index in [0.717, 1.165) is 5.56 Å². The molecule has 1 aromatic rings. The van der Waals surface area contributed by atoms with Crippen LogP contribution < -0.4 is 5.73 Å². The molecule has 6 heteroatoms. The summed E-state index contributed by atoms with van der Waals surface area (Å²) in [6.45, 7) is 0.333. The maximum absolute atomic E-state index is 12.0. The molecule has 0 spiro atoms. The zero-order valence-corrected chi connectivity index (χ0v) is 10.6. The van der Waals surface area contributed by atoms with E-state index >= 15 is 0 Å². The molecule has 0 amide bonds. The summed E-state index contributed by atoms with van der Waals surface area (Å²) in [5.74, 6) is -0.0318. The number of hydrogen-bond acceptors (Lipinski definition) is 2. The van der Waals surface area contributed by atoms with Gasteiger partial charge in [0.15, 0.2) is 0 Å². The Morgan fingerprint density at radius 1 is 1.24 bits per heavy atom. The molecule has 96 valence electrons. The van der Waals surface area contributed by atoms with Crippen LogP contribution in [0.2, 0.25) is 5.02 Å². The van der Waals surface area contributed by atoms with Crippen molar-refractivity contribution in [3.05, 3.63) is 34.9 Å². The Morgan fingerprint density at radius 2 is 1.82 bits per heavy atom. The van der Waals surface area contributed by atoms with E-state index in [2.05, 4.69) is 0 Å². The summed E-state index contributed by atoms with van der Waals surface area (Å²) in [7, 11) is 0.